The van der Waals surface area contributed by atoms with Crippen molar-refractivity contribution in [2.24, 2.45) is 5.41 Å². The molecule has 3 heteroatoms. The summed E-state index contributed by atoms with van der Waals surface area (Å²) < 4.78 is 4.95. The molecule has 62 valence electrons. The summed E-state index contributed by atoms with van der Waals surface area (Å²) >= 11 is 0. The van der Waals surface area contributed by atoms with Crippen molar-refractivity contribution in [3.8, 4) is 0 Å². The molecule has 1 aliphatic heterocycles. The van der Waals surface area contributed by atoms with E-state index in [1.54, 1.807) is 6.92 Å². The lowest BCUT2D eigenvalue weighted by Crippen LogP contribution is -2.23. The average molecular weight is 156 g/mol. The van der Waals surface area contributed by atoms with Gasteiger partial charge in [-0.1, -0.05) is 6.92 Å². The number of aldehydes is 1. The first-order chi connectivity index (χ1) is 5.12. The van der Waals surface area contributed by atoms with E-state index in [0.717, 1.165) is 6.42 Å². The molecule has 1 fully saturated rings. The first-order valence-corrected chi connectivity index (χ1v) is 3.80. The number of ether oxygens (including phenoxy) is 1. The highest BCUT2D eigenvalue weighted by Gasteiger charge is 2.44. The fraction of sp³-hybridized carbons (Fsp3) is 0.750. The zero-order chi connectivity index (χ0) is 8.48. The molecule has 0 unspecified atom stereocenters. The van der Waals surface area contributed by atoms with Crippen LogP contribution in [0.2, 0.25) is 0 Å². The van der Waals surface area contributed by atoms with Gasteiger partial charge in [0, 0.05) is 6.42 Å². The van der Waals surface area contributed by atoms with Gasteiger partial charge >= 0.3 is 5.97 Å². The molecule has 0 aromatic rings. The maximum absolute atomic E-state index is 11.0. The van der Waals surface area contributed by atoms with Crippen molar-refractivity contribution >= 4 is 12.3 Å². The first kappa shape index (κ1) is 8.24. The van der Waals surface area contributed by atoms with E-state index in [-0.39, 0.29) is 12.1 Å². The monoisotopic (exact) mass is 156 g/mol. The van der Waals surface area contributed by atoms with Crippen LogP contribution in [0.5, 0.6) is 0 Å². The van der Waals surface area contributed by atoms with Crippen molar-refractivity contribution in [3.63, 3.8) is 0 Å². The quantitative estimate of drug-likeness (QED) is 0.339. The molecule has 0 aromatic carbocycles. The smallest absolute Gasteiger partial charge is 0.319 e. The topological polar surface area (TPSA) is 43.4 Å². The fourth-order valence-corrected chi connectivity index (χ4v) is 1.21. The van der Waals surface area contributed by atoms with E-state index >= 15 is 0 Å². The van der Waals surface area contributed by atoms with Crippen molar-refractivity contribution in [3.05, 3.63) is 0 Å². The fourth-order valence-electron chi connectivity index (χ4n) is 1.21. The van der Waals surface area contributed by atoms with Gasteiger partial charge in [0.1, 0.15) is 17.8 Å². The van der Waals surface area contributed by atoms with E-state index in [2.05, 4.69) is 0 Å². The lowest BCUT2D eigenvalue weighted by molar-refractivity contribution is -0.149. The predicted molar refractivity (Wildman–Crippen MR) is 39.0 cm³/mol. The number of cyclic esters (lactones) is 1. The Bertz CT molecular complexity index is 188. The largest absolute Gasteiger partial charge is 0.462 e. The van der Waals surface area contributed by atoms with E-state index in [1.807, 2.05) is 6.92 Å². The second kappa shape index (κ2) is 2.64. The molecule has 1 heterocycles. The molecule has 1 aliphatic rings. The van der Waals surface area contributed by atoms with Crippen molar-refractivity contribution in [2.75, 3.05) is 0 Å². The molecular formula is C8H12O3. The molecule has 2 atom stereocenters. The zero-order valence-electron chi connectivity index (χ0n) is 6.79. The first-order valence-electron chi connectivity index (χ1n) is 3.80. The Morgan fingerprint density at radius 3 is 2.73 bits per heavy atom. The number of rotatable bonds is 2. The maximum atomic E-state index is 11.0. The second-order valence-electron chi connectivity index (χ2n) is 3.18. The summed E-state index contributed by atoms with van der Waals surface area (Å²) in [7, 11) is 0. The molecule has 0 aliphatic carbocycles. The Morgan fingerprint density at radius 1 is 1.82 bits per heavy atom. The normalized spacial score (nSPS) is 36.9. The van der Waals surface area contributed by atoms with Crippen molar-refractivity contribution in [2.45, 2.75) is 32.8 Å². The van der Waals surface area contributed by atoms with Crippen molar-refractivity contribution in [1.29, 1.82) is 0 Å². The Kier molecular flexibility index (Phi) is 1.98. The van der Waals surface area contributed by atoms with Crippen LogP contribution in [0, 0.1) is 5.41 Å². The van der Waals surface area contributed by atoms with Crippen LogP contribution in [0.15, 0.2) is 0 Å². The highest BCUT2D eigenvalue weighted by molar-refractivity contribution is 5.94. The zero-order valence-corrected chi connectivity index (χ0v) is 6.79. The molecule has 0 bridgehead atoms. The Morgan fingerprint density at radius 2 is 2.45 bits per heavy atom. The van der Waals surface area contributed by atoms with Gasteiger partial charge in [-0.3, -0.25) is 4.79 Å². The number of carbonyl (C=O) groups excluding carboxylic acids is 2. The third kappa shape index (κ3) is 1.27. The molecular weight excluding hydrogens is 144 g/mol. The minimum atomic E-state index is -0.874. The van der Waals surface area contributed by atoms with Gasteiger partial charge in [0.25, 0.3) is 0 Å². The van der Waals surface area contributed by atoms with Gasteiger partial charge in [0.15, 0.2) is 0 Å². The molecule has 0 amide bonds. The van der Waals surface area contributed by atoms with Gasteiger partial charge in [-0.05, 0) is 13.3 Å². The van der Waals surface area contributed by atoms with Crippen LogP contribution in [0.25, 0.3) is 0 Å². The Labute approximate surface area is 65.7 Å². The molecule has 1 saturated heterocycles. The van der Waals surface area contributed by atoms with Gasteiger partial charge in [0.2, 0.25) is 0 Å². The van der Waals surface area contributed by atoms with E-state index in [4.69, 9.17) is 4.74 Å². The highest BCUT2D eigenvalue weighted by Crippen LogP contribution is 2.32. The standard InChI is InChI=1S/C8H12O3/c1-3-6-4-8(2,5-9)7(10)11-6/h5-6H,3-4H2,1-2H3/t6-,8-/m0/s1. The summed E-state index contributed by atoms with van der Waals surface area (Å²) in [5.74, 6) is -0.376. The number of esters is 1. The Balaban J connectivity index is 2.72. The van der Waals surface area contributed by atoms with Crippen LogP contribution >= 0.6 is 0 Å². The molecule has 0 spiro atoms. The second-order valence-corrected chi connectivity index (χ2v) is 3.18. The van der Waals surface area contributed by atoms with E-state index in [0.29, 0.717) is 12.7 Å². The molecule has 1 rings (SSSR count). The van der Waals surface area contributed by atoms with Crippen molar-refractivity contribution < 1.29 is 14.3 Å². The average Bonchev–Trinajstić information content (AvgIpc) is 2.29. The molecule has 0 N–H and O–H groups in total. The summed E-state index contributed by atoms with van der Waals surface area (Å²) in [6.07, 6.45) is 1.95. The summed E-state index contributed by atoms with van der Waals surface area (Å²) in [6, 6.07) is 0. The summed E-state index contributed by atoms with van der Waals surface area (Å²) in [5.41, 5.74) is -0.874. The molecule has 3 nitrogen and oxygen atoms in total. The van der Waals surface area contributed by atoms with Crippen LogP contribution in [-0.4, -0.2) is 18.4 Å². The molecule has 0 saturated carbocycles. The summed E-state index contributed by atoms with van der Waals surface area (Å²) in [6.45, 7) is 3.56. The third-order valence-corrected chi connectivity index (χ3v) is 2.11. The lowest BCUT2D eigenvalue weighted by Gasteiger charge is -2.07. The van der Waals surface area contributed by atoms with Crippen LogP contribution in [0.3, 0.4) is 0 Å². The predicted octanol–water partition coefficient (Wildman–Crippen LogP) is 0.917. The summed E-state index contributed by atoms with van der Waals surface area (Å²) in [4.78, 5) is 21.5. The van der Waals surface area contributed by atoms with Crippen LogP contribution in [0.4, 0.5) is 0 Å². The van der Waals surface area contributed by atoms with Gasteiger partial charge in [-0.25, -0.2) is 0 Å². The SMILES string of the molecule is CC[C@H]1C[C@@](C)(C=O)C(=O)O1. The van der Waals surface area contributed by atoms with E-state index < -0.39 is 5.41 Å². The maximum Gasteiger partial charge on any atom is 0.319 e. The Hall–Kier alpha value is -0.860. The van der Waals surface area contributed by atoms with Crippen LogP contribution < -0.4 is 0 Å². The highest BCUT2D eigenvalue weighted by atomic mass is 16.6. The minimum absolute atomic E-state index is 0.0577. The number of carbonyl (C=O) groups is 2. The van der Waals surface area contributed by atoms with Crippen LogP contribution in [0.1, 0.15) is 26.7 Å². The molecule has 0 aromatic heterocycles. The van der Waals surface area contributed by atoms with Gasteiger partial charge in [0.05, 0.1) is 0 Å². The number of hydrogen-bond donors (Lipinski definition) is 0. The third-order valence-electron chi connectivity index (χ3n) is 2.11. The molecule has 0 radical (unpaired) electrons. The summed E-state index contributed by atoms with van der Waals surface area (Å²) in [5, 5.41) is 0. The van der Waals surface area contributed by atoms with E-state index in [1.165, 1.54) is 0 Å². The van der Waals surface area contributed by atoms with Crippen LogP contribution in [-0.2, 0) is 14.3 Å². The minimum Gasteiger partial charge on any atom is -0.462 e. The van der Waals surface area contributed by atoms with Gasteiger partial charge < -0.3 is 9.53 Å². The molecule has 11 heavy (non-hydrogen) atoms. The van der Waals surface area contributed by atoms with E-state index in [9.17, 15) is 9.59 Å². The number of hydrogen-bond acceptors (Lipinski definition) is 3. The van der Waals surface area contributed by atoms with Crippen molar-refractivity contribution in [1.82, 2.24) is 0 Å². The van der Waals surface area contributed by atoms with Gasteiger partial charge in [-0.2, -0.15) is 0 Å². The lowest BCUT2D eigenvalue weighted by atomic mass is 9.88. The van der Waals surface area contributed by atoms with Gasteiger partial charge in [-0.15, -0.1) is 0 Å².